The van der Waals surface area contributed by atoms with E-state index in [0.29, 0.717) is 23.0 Å². The van der Waals surface area contributed by atoms with Gasteiger partial charge < -0.3 is 15.8 Å². The van der Waals surface area contributed by atoms with Crippen molar-refractivity contribution in [3.63, 3.8) is 0 Å². The number of anilines is 2. The van der Waals surface area contributed by atoms with Crippen LogP contribution < -0.4 is 15.8 Å². The number of carbonyl (C=O) groups is 1. The first-order chi connectivity index (χ1) is 10.0. The van der Waals surface area contributed by atoms with Crippen molar-refractivity contribution in [2.75, 3.05) is 17.7 Å². The number of carbonyl (C=O) groups excluding carboxylic acids is 1. The standard InChI is InChI=1S/C15H14ClFN2O2/c1-2-21-14-6-4-10(8-12(14)17)19-15(20)11-7-9(16)3-5-13(11)18/h3-8H,2,18H2,1H3,(H,19,20). The van der Waals surface area contributed by atoms with E-state index in [1.165, 1.54) is 24.3 Å². The number of hydrogen-bond donors (Lipinski definition) is 2. The summed E-state index contributed by atoms with van der Waals surface area (Å²) in [4.78, 5) is 12.1. The molecule has 110 valence electrons. The first kappa shape index (κ1) is 15.1. The second-order valence-corrected chi connectivity index (χ2v) is 4.70. The molecule has 2 aromatic carbocycles. The monoisotopic (exact) mass is 308 g/mol. The molecule has 0 bridgehead atoms. The molecule has 0 aromatic heterocycles. The van der Waals surface area contributed by atoms with Crippen molar-refractivity contribution in [3.8, 4) is 5.75 Å². The Hall–Kier alpha value is -2.27. The van der Waals surface area contributed by atoms with Gasteiger partial charge in [-0.25, -0.2) is 4.39 Å². The smallest absolute Gasteiger partial charge is 0.257 e. The van der Waals surface area contributed by atoms with Crippen molar-refractivity contribution in [2.24, 2.45) is 0 Å². The molecule has 0 atom stereocenters. The lowest BCUT2D eigenvalue weighted by Crippen LogP contribution is -2.14. The van der Waals surface area contributed by atoms with E-state index in [0.717, 1.165) is 0 Å². The molecule has 0 saturated carbocycles. The molecule has 2 rings (SSSR count). The van der Waals surface area contributed by atoms with Crippen LogP contribution in [0.1, 0.15) is 17.3 Å². The molecule has 0 spiro atoms. The van der Waals surface area contributed by atoms with Gasteiger partial charge in [-0.15, -0.1) is 0 Å². The van der Waals surface area contributed by atoms with E-state index >= 15 is 0 Å². The van der Waals surface area contributed by atoms with E-state index in [9.17, 15) is 9.18 Å². The van der Waals surface area contributed by atoms with E-state index in [1.54, 1.807) is 19.1 Å². The van der Waals surface area contributed by atoms with Crippen LogP contribution in [0.15, 0.2) is 36.4 Å². The van der Waals surface area contributed by atoms with Crippen LogP contribution in [-0.2, 0) is 0 Å². The van der Waals surface area contributed by atoms with Gasteiger partial charge >= 0.3 is 0 Å². The Bertz CT molecular complexity index is 677. The van der Waals surface area contributed by atoms with Crippen LogP contribution in [0.2, 0.25) is 5.02 Å². The molecule has 3 N–H and O–H groups in total. The van der Waals surface area contributed by atoms with Gasteiger partial charge in [-0.05, 0) is 37.3 Å². The lowest BCUT2D eigenvalue weighted by atomic mass is 10.1. The van der Waals surface area contributed by atoms with Crippen LogP contribution in [0.4, 0.5) is 15.8 Å². The maximum atomic E-state index is 13.7. The fourth-order valence-electron chi connectivity index (χ4n) is 1.77. The maximum Gasteiger partial charge on any atom is 0.257 e. The van der Waals surface area contributed by atoms with E-state index in [-0.39, 0.29) is 11.3 Å². The van der Waals surface area contributed by atoms with E-state index in [2.05, 4.69) is 5.32 Å². The van der Waals surface area contributed by atoms with Gasteiger partial charge in [-0.2, -0.15) is 0 Å². The average molecular weight is 309 g/mol. The predicted octanol–water partition coefficient (Wildman–Crippen LogP) is 3.71. The predicted molar refractivity (Wildman–Crippen MR) is 81.4 cm³/mol. The summed E-state index contributed by atoms with van der Waals surface area (Å²) in [6.45, 7) is 2.12. The van der Waals surface area contributed by atoms with Gasteiger partial charge in [0.25, 0.3) is 5.91 Å². The largest absolute Gasteiger partial charge is 0.491 e. The second-order valence-electron chi connectivity index (χ2n) is 4.26. The summed E-state index contributed by atoms with van der Waals surface area (Å²) < 4.78 is 18.8. The zero-order chi connectivity index (χ0) is 15.4. The zero-order valence-corrected chi connectivity index (χ0v) is 12.1. The quantitative estimate of drug-likeness (QED) is 0.846. The third kappa shape index (κ3) is 3.64. The molecule has 0 aliphatic heterocycles. The minimum Gasteiger partial charge on any atom is -0.491 e. The molecular weight excluding hydrogens is 295 g/mol. The second kappa shape index (κ2) is 6.45. The normalized spacial score (nSPS) is 10.2. The molecule has 21 heavy (non-hydrogen) atoms. The highest BCUT2D eigenvalue weighted by atomic mass is 35.5. The van der Waals surface area contributed by atoms with E-state index < -0.39 is 11.7 Å². The number of nitrogens with two attached hydrogens (primary N) is 1. The first-order valence-electron chi connectivity index (χ1n) is 6.30. The Kier molecular flexibility index (Phi) is 4.65. The van der Waals surface area contributed by atoms with Gasteiger partial charge in [-0.1, -0.05) is 11.6 Å². The van der Waals surface area contributed by atoms with Gasteiger partial charge in [0.1, 0.15) is 0 Å². The van der Waals surface area contributed by atoms with Gasteiger partial charge in [0.15, 0.2) is 11.6 Å². The van der Waals surface area contributed by atoms with Crippen molar-refractivity contribution in [2.45, 2.75) is 6.92 Å². The SMILES string of the molecule is CCOc1ccc(NC(=O)c2cc(Cl)ccc2N)cc1F. The number of nitrogen functional groups attached to an aromatic ring is 1. The molecule has 1 amide bonds. The summed E-state index contributed by atoms with van der Waals surface area (Å²) >= 11 is 5.83. The van der Waals surface area contributed by atoms with Crippen molar-refractivity contribution in [1.82, 2.24) is 0 Å². The van der Waals surface area contributed by atoms with Crippen molar-refractivity contribution in [3.05, 3.63) is 52.8 Å². The Morgan fingerprint density at radius 1 is 1.33 bits per heavy atom. The molecule has 0 aliphatic carbocycles. The summed E-state index contributed by atoms with van der Waals surface area (Å²) in [5.41, 5.74) is 6.56. The molecular formula is C15H14ClFN2O2. The third-order valence-electron chi connectivity index (χ3n) is 2.75. The molecule has 0 fully saturated rings. The molecule has 4 nitrogen and oxygen atoms in total. The van der Waals surface area contributed by atoms with Crippen LogP contribution in [0.5, 0.6) is 5.75 Å². The van der Waals surface area contributed by atoms with Crippen LogP contribution in [0, 0.1) is 5.82 Å². The van der Waals surface area contributed by atoms with Crippen molar-refractivity contribution >= 4 is 28.9 Å². The molecule has 2 aromatic rings. The molecule has 0 aliphatic rings. The summed E-state index contributed by atoms with van der Waals surface area (Å²) in [6, 6.07) is 8.77. The topological polar surface area (TPSA) is 64.3 Å². The van der Waals surface area contributed by atoms with Crippen LogP contribution in [0.3, 0.4) is 0 Å². The fourth-order valence-corrected chi connectivity index (χ4v) is 1.95. The third-order valence-corrected chi connectivity index (χ3v) is 2.98. The number of nitrogens with one attached hydrogen (secondary N) is 1. The average Bonchev–Trinajstić information content (AvgIpc) is 2.44. The van der Waals surface area contributed by atoms with E-state index in [4.69, 9.17) is 22.1 Å². The minimum atomic E-state index is -0.547. The molecule has 6 heteroatoms. The number of amides is 1. The van der Waals surface area contributed by atoms with E-state index in [1.807, 2.05) is 0 Å². The highest BCUT2D eigenvalue weighted by Crippen LogP contribution is 2.23. The van der Waals surface area contributed by atoms with Gasteiger partial charge in [0.2, 0.25) is 0 Å². The fraction of sp³-hybridized carbons (Fsp3) is 0.133. The Morgan fingerprint density at radius 3 is 2.76 bits per heavy atom. The molecule has 0 saturated heterocycles. The Balaban J connectivity index is 2.19. The Morgan fingerprint density at radius 2 is 2.10 bits per heavy atom. The summed E-state index contributed by atoms with van der Waals surface area (Å²) in [5.74, 6) is -0.870. The first-order valence-corrected chi connectivity index (χ1v) is 6.67. The van der Waals surface area contributed by atoms with Crippen LogP contribution >= 0.6 is 11.6 Å². The summed E-state index contributed by atoms with van der Waals surface area (Å²) in [6.07, 6.45) is 0. The summed E-state index contributed by atoms with van der Waals surface area (Å²) in [7, 11) is 0. The molecule has 0 unspecified atom stereocenters. The van der Waals surface area contributed by atoms with Crippen LogP contribution in [0.25, 0.3) is 0 Å². The Labute approximate surface area is 126 Å². The van der Waals surface area contributed by atoms with Crippen molar-refractivity contribution < 1.29 is 13.9 Å². The molecule has 0 heterocycles. The lowest BCUT2D eigenvalue weighted by molar-refractivity contribution is 0.102. The number of benzene rings is 2. The molecule has 0 radical (unpaired) electrons. The lowest BCUT2D eigenvalue weighted by Gasteiger charge is -2.10. The number of halogens is 2. The van der Waals surface area contributed by atoms with Gasteiger partial charge in [-0.3, -0.25) is 4.79 Å². The number of ether oxygens (including phenoxy) is 1. The zero-order valence-electron chi connectivity index (χ0n) is 11.3. The van der Waals surface area contributed by atoms with Gasteiger partial charge in [0, 0.05) is 22.5 Å². The minimum absolute atomic E-state index is 0.137. The number of hydrogen-bond acceptors (Lipinski definition) is 3. The van der Waals surface area contributed by atoms with Gasteiger partial charge in [0.05, 0.1) is 12.2 Å². The summed E-state index contributed by atoms with van der Waals surface area (Å²) in [5, 5.41) is 2.96. The number of rotatable bonds is 4. The maximum absolute atomic E-state index is 13.7. The highest BCUT2D eigenvalue weighted by molar-refractivity contribution is 6.31. The van der Waals surface area contributed by atoms with Crippen molar-refractivity contribution in [1.29, 1.82) is 0 Å². The van der Waals surface area contributed by atoms with Crippen LogP contribution in [-0.4, -0.2) is 12.5 Å². The highest BCUT2D eigenvalue weighted by Gasteiger charge is 2.12.